The van der Waals surface area contributed by atoms with Crippen molar-refractivity contribution in [3.63, 3.8) is 0 Å². The molecule has 1 heterocycles. The van der Waals surface area contributed by atoms with Crippen molar-refractivity contribution in [1.82, 2.24) is 9.88 Å². The van der Waals surface area contributed by atoms with Gasteiger partial charge >= 0.3 is 5.97 Å². The van der Waals surface area contributed by atoms with Crippen molar-refractivity contribution in [1.29, 1.82) is 0 Å². The van der Waals surface area contributed by atoms with E-state index in [2.05, 4.69) is 4.98 Å². The molecule has 1 saturated carbocycles. The van der Waals surface area contributed by atoms with Crippen LogP contribution in [0.25, 0.3) is 10.9 Å². The minimum atomic E-state index is -0.455. The number of aromatic nitrogens is 1. The highest BCUT2D eigenvalue weighted by Crippen LogP contribution is 2.32. The van der Waals surface area contributed by atoms with Crippen molar-refractivity contribution in [2.45, 2.75) is 38.1 Å². The third kappa shape index (κ3) is 5.05. The van der Waals surface area contributed by atoms with Gasteiger partial charge in [-0.15, -0.1) is 0 Å². The summed E-state index contributed by atoms with van der Waals surface area (Å²) in [4.78, 5) is 34.8. The summed E-state index contributed by atoms with van der Waals surface area (Å²) in [6.07, 6.45) is 5.69. The molecule has 2 N–H and O–H groups in total. The maximum Gasteiger partial charge on any atom is 0.337 e. The van der Waals surface area contributed by atoms with Gasteiger partial charge in [-0.05, 0) is 49.2 Å². The standard InChI is InChI=1S/C31H31N3O4/c1-34(24-11-7-4-8-12-24)30(36)21-13-16-23(17-14-21)32-28(20-9-5-3-6-10-20)27-25-18-15-22(31(37)38-2)19-26(25)33-29(27)35/h3,5-6,9-10,13-19,24,33,35H,4,7-8,11-12H2,1-2H3. The first-order valence-corrected chi connectivity index (χ1v) is 12.9. The van der Waals surface area contributed by atoms with Crippen molar-refractivity contribution < 1.29 is 19.4 Å². The molecule has 1 aliphatic rings. The Balaban J connectivity index is 1.51. The van der Waals surface area contributed by atoms with Crippen molar-refractivity contribution in [2.75, 3.05) is 14.2 Å². The Labute approximate surface area is 221 Å². The SMILES string of the molecule is COC(=O)c1ccc2c(C(=Nc3ccc(C(=O)N(C)C4CCCCC4)cc3)c3ccccc3)c(O)[nH]c2c1. The van der Waals surface area contributed by atoms with E-state index in [1.54, 1.807) is 30.3 Å². The van der Waals surface area contributed by atoms with Crippen LogP contribution in [0, 0.1) is 0 Å². The number of benzene rings is 3. The number of nitrogens with zero attached hydrogens (tertiary/aromatic N) is 2. The van der Waals surface area contributed by atoms with Gasteiger partial charge in [-0.2, -0.15) is 0 Å². The number of H-pyrrole nitrogens is 1. The van der Waals surface area contributed by atoms with Crippen molar-refractivity contribution in [3.05, 3.63) is 95.1 Å². The fourth-order valence-electron chi connectivity index (χ4n) is 5.17. The van der Waals surface area contributed by atoms with Crippen LogP contribution in [0.4, 0.5) is 5.69 Å². The molecular formula is C31H31N3O4. The third-order valence-corrected chi connectivity index (χ3v) is 7.28. The van der Waals surface area contributed by atoms with Gasteiger partial charge in [-0.25, -0.2) is 9.79 Å². The Bertz CT molecular complexity index is 1480. The topological polar surface area (TPSA) is 95.0 Å². The number of methoxy groups -OCH3 is 1. The monoisotopic (exact) mass is 509 g/mol. The number of aromatic amines is 1. The summed E-state index contributed by atoms with van der Waals surface area (Å²) >= 11 is 0. The van der Waals surface area contributed by atoms with E-state index in [1.807, 2.05) is 54.4 Å². The number of aliphatic imine (C=N–C) groups is 1. The number of carbonyl (C=O) groups is 2. The van der Waals surface area contributed by atoms with E-state index in [-0.39, 0.29) is 11.8 Å². The van der Waals surface area contributed by atoms with Gasteiger partial charge < -0.3 is 19.7 Å². The van der Waals surface area contributed by atoms with Crippen LogP contribution in [0.2, 0.25) is 0 Å². The van der Waals surface area contributed by atoms with Crippen LogP contribution in [-0.2, 0) is 4.74 Å². The summed E-state index contributed by atoms with van der Waals surface area (Å²) in [5.41, 5.74) is 4.17. The largest absolute Gasteiger partial charge is 0.494 e. The number of ether oxygens (including phenoxy) is 1. The molecular weight excluding hydrogens is 478 g/mol. The van der Waals surface area contributed by atoms with Crippen LogP contribution in [0.15, 0.2) is 77.8 Å². The number of fused-ring (bicyclic) bond motifs is 1. The van der Waals surface area contributed by atoms with Crippen molar-refractivity contribution in [2.24, 2.45) is 4.99 Å². The molecule has 5 rings (SSSR count). The first-order chi connectivity index (χ1) is 18.5. The summed E-state index contributed by atoms with van der Waals surface area (Å²) in [6.45, 7) is 0. The second-order valence-electron chi connectivity index (χ2n) is 9.68. The Hall–Kier alpha value is -4.39. The number of hydrogen-bond donors (Lipinski definition) is 2. The lowest BCUT2D eigenvalue weighted by atomic mass is 9.94. The molecule has 7 heteroatoms. The van der Waals surface area contributed by atoms with Gasteiger partial charge in [0.05, 0.1) is 29.6 Å². The van der Waals surface area contributed by atoms with E-state index in [4.69, 9.17) is 9.73 Å². The molecule has 38 heavy (non-hydrogen) atoms. The van der Waals surface area contributed by atoms with Gasteiger partial charge in [0.2, 0.25) is 0 Å². The fourth-order valence-corrected chi connectivity index (χ4v) is 5.17. The lowest BCUT2D eigenvalue weighted by molar-refractivity contribution is 0.0600. The second-order valence-corrected chi connectivity index (χ2v) is 9.68. The van der Waals surface area contributed by atoms with E-state index in [0.717, 1.165) is 23.8 Å². The Morgan fingerprint density at radius 3 is 2.29 bits per heavy atom. The molecule has 0 atom stereocenters. The normalized spacial score (nSPS) is 14.4. The number of hydrogen-bond acceptors (Lipinski definition) is 5. The number of esters is 1. The summed E-state index contributed by atoms with van der Waals surface area (Å²) in [6, 6.07) is 22.2. The van der Waals surface area contributed by atoms with Gasteiger partial charge in [0.1, 0.15) is 0 Å². The van der Waals surface area contributed by atoms with Crippen LogP contribution < -0.4 is 0 Å². The lowest BCUT2D eigenvalue weighted by Crippen LogP contribution is -2.38. The molecule has 0 saturated heterocycles. The van der Waals surface area contributed by atoms with Crippen LogP contribution in [0.5, 0.6) is 5.88 Å². The first kappa shape index (κ1) is 25.3. The predicted octanol–water partition coefficient (Wildman–Crippen LogP) is 6.23. The zero-order valence-corrected chi connectivity index (χ0v) is 21.6. The molecule has 0 radical (unpaired) electrons. The molecule has 1 fully saturated rings. The summed E-state index contributed by atoms with van der Waals surface area (Å²) < 4.78 is 4.83. The Morgan fingerprint density at radius 1 is 0.921 bits per heavy atom. The van der Waals surface area contributed by atoms with Crippen LogP contribution in [0.3, 0.4) is 0 Å². The lowest BCUT2D eigenvalue weighted by Gasteiger charge is -2.31. The molecule has 4 aromatic rings. The van der Waals surface area contributed by atoms with E-state index < -0.39 is 5.97 Å². The van der Waals surface area contributed by atoms with E-state index >= 15 is 0 Å². The molecule has 0 spiro atoms. The molecule has 7 nitrogen and oxygen atoms in total. The highest BCUT2D eigenvalue weighted by molar-refractivity contribution is 6.22. The quantitative estimate of drug-likeness (QED) is 0.238. The predicted molar refractivity (Wildman–Crippen MR) is 148 cm³/mol. The molecule has 1 amide bonds. The van der Waals surface area contributed by atoms with E-state index in [0.29, 0.717) is 39.6 Å². The molecule has 0 aliphatic heterocycles. The maximum absolute atomic E-state index is 13.1. The number of nitrogens with one attached hydrogen (secondary N) is 1. The minimum absolute atomic E-state index is 0.0198. The number of amides is 1. The zero-order chi connectivity index (χ0) is 26.6. The molecule has 0 bridgehead atoms. The van der Waals surface area contributed by atoms with Gasteiger partial charge in [0.15, 0.2) is 5.88 Å². The Morgan fingerprint density at radius 2 is 1.61 bits per heavy atom. The summed E-state index contributed by atoms with van der Waals surface area (Å²) in [5.74, 6) is -0.486. The van der Waals surface area contributed by atoms with Gasteiger partial charge in [0, 0.05) is 35.1 Å². The molecule has 1 aromatic heterocycles. The molecule has 194 valence electrons. The van der Waals surface area contributed by atoms with Gasteiger partial charge in [0.25, 0.3) is 5.91 Å². The molecule has 0 unspecified atom stereocenters. The number of aromatic hydroxyl groups is 1. The smallest absolute Gasteiger partial charge is 0.337 e. The first-order valence-electron chi connectivity index (χ1n) is 12.9. The summed E-state index contributed by atoms with van der Waals surface area (Å²) in [7, 11) is 3.22. The average molecular weight is 510 g/mol. The van der Waals surface area contributed by atoms with Crippen molar-refractivity contribution in [3.8, 4) is 5.88 Å². The average Bonchev–Trinajstić information content (AvgIpc) is 3.30. The van der Waals surface area contributed by atoms with Crippen LogP contribution in [-0.4, -0.2) is 52.8 Å². The van der Waals surface area contributed by atoms with E-state index in [9.17, 15) is 14.7 Å². The van der Waals surface area contributed by atoms with E-state index in [1.165, 1.54) is 26.4 Å². The summed E-state index contributed by atoms with van der Waals surface area (Å²) in [5, 5.41) is 11.7. The molecule has 1 aliphatic carbocycles. The van der Waals surface area contributed by atoms with Gasteiger partial charge in [-0.1, -0.05) is 55.7 Å². The zero-order valence-electron chi connectivity index (χ0n) is 21.6. The number of rotatable bonds is 6. The second kappa shape index (κ2) is 10.9. The highest BCUT2D eigenvalue weighted by Gasteiger charge is 2.23. The number of carbonyl (C=O) groups excluding carboxylic acids is 2. The highest BCUT2D eigenvalue weighted by atomic mass is 16.5. The van der Waals surface area contributed by atoms with Gasteiger partial charge in [-0.3, -0.25) is 4.79 Å². The maximum atomic E-state index is 13.1. The minimum Gasteiger partial charge on any atom is -0.494 e. The van der Waals surface area contributed by atoms with Crippen LogP contribution >= 0.6 is 0 Å². The third-order valence-electron chi connectivity index (χ3n) is 7.28. The fraction of sp³-hybridized carbons (Fsp3) is 0.258. The molecule has 3 aromatic carbocycles. The Kier molecular flexibility index (Phi) is 7.26. The van der Waals surface area contributed by atoms with Crippen molar-refractivity contribution >= 4 is 34.2 Å². The van der Waals surface area contributed by atoms with Crippen LogP contribution in [0.1, 0.15) is 63.9 Å².